The molecule has 0 aromatic rings. The molecule has 1 rings (SSSR count). The van der Waals surface area contributed by atoms with Crippen LogP contribution in [0.25, 0.3) is 0 Å². The van der Waals surface area contributed by atoms with Crippen LogP contribution in [0.15, 0.2) is 0 Å². The quantitative estimate of drug-likeness (QED) is 0.697. The number of hydrogen-bond acceptors (Lipinski definition) is 3. The van der Waals surface area contributed by atoms with Gasteiger partial charge in [-0.25, -0.2) is 12.7 Å². The minimum atomic E-state index is -3.03. The van der Waals surface area contributed by atoms with Crippen LogP contribution in [0.5, 0.6) is 0 Å². The van der Waals surface area contributed by atoms with Crippen molar-refractivity contribution >= 4 is 21.6 Å². The van der Waals surface area contributed by atoms with E-state index in [1.165, 1.54) is 6.26 Å². The summed E-state index contributed by atoms with van der Waals surface area (Å²) in [5, 5.41) is 0.0358. The standard InChI is InChI=1S/C11H22ClNO3S/c1-16-9-11(12)6-5-10-4-3-7-13(8-10)17(2,14)15/h10-11H,3-9H2,1-2H3. The van der Waals surface area contributed by atoms with Gasteiger partial charge in [0, 0.05) is 20.2 Å². The van der Waals surface area contributed by atoms with E-state index >= 15 is 0 Å². The van der Waals surface area contributed by atoms with E-state index in [0.717, 1.165) is 25.7 Å². The van der Waals surface area contributed by atoms with Crippen LogP contribution in [0.4, 0.5) is 0 Å². The zero-order chi connectivity index (χ0) is 12.9. The summed E-state index contributed by atoms with van der Waals surface area (Å²) >= 11 is 6.07. The van der Waals surface area contributed by atoms with Gasteiger partial charge in [0.25, 0.3) is 0 Å². The lowest BCUT2D eigenvalue weighted by atomic mass is 9.94. The fourth-order valence-electron chi connectivity index (χ4n) is 2.24. The van der Waals surface area contributed by atoms with E-state index in [0.29, 0.717) is 25.6 Å². The van der Waals surface area contributed by atoms with Gasteiger partial charge in [-0.05, 0) is 31.6 Å². The molecule has 17 heavy (non-hydrogen) atoms. The molecule has 2 unspecified atom stereocenters. The van der Waals surface area contributed by atoms with Crippen LogP contribution in [0.3, 0.4) is 0 Å². The smallest absolute Gasteiger partial charge is 0.211 e. The Balaban J connectivity index is 2.35. The third kappa shape index (κ3) is 5.55. The minimum absolute atomic E-state index is 0.0358. The van der Waals surface area contributed by atoms with Gasteiger partial charge in [-0.2, -0.15) is 0 Å². The van der Waals surface area contributed by atoms with Gasteiger partial charge >= 0.3 is 0 Å². The van der Waals surface area contributed by atoms with Gasteiger partial charge < -0.3 is 4.74 Å². The molecule has 0 aromatic carbocycles. The molecule has 1 fully saturated rings. The molecular weight excluding hydrogens is 262 g/mol. The highest BCUT2D eigenvalue weighted by atomic mass is 35.5. The summed E-state index contributed by atoms with van der Waals surface area (Å²) in [6.45, 7) is 1.87. The molecule has 0 N–H and O–H groups in total. The van der Waals surface area contributed by atoms with Crippen molar-refractivity contribution in [3.63, 3.8) is 0 Å². The Hall–Kier alpha value is 0.160. The lowest BCUT2D eigenvalue weighted by Gasteiger charge is -2.31. The average Bonchev–Trinajstić information content (AvgIpc) is 2.26. The highest BCUT2D eigenvalue weighted by molar-refractivity contribution is 7.88. The van der Waals surface area contributed by atoms with Crippen molar-refractivity contribution in [3.8, 4) is 0 Å². The first kappa shape index (κ1) is 15.2. The number of piperidine rings is 1. The number of methoxy groups -OCH3 is 1. The van der Waals surface area contributed by atoms with Gasteiger partial charge in [-0.1, -0.05) is 0 Å². The monoisotopic (exact) mass is 283 g/mol. The Morgan fingerprint density at radius 3 is 2.82 bits per heavy atom. The summed E-state index contributed by atoms with van der Waals surface area (Å²) in [5.74, 6) is 0.441. The lowest BCUT2D eigenvalue weighted by Crippen LogP contribution is -2.39. The molecule has 1 aliphatic heterocycles. The molecule has 1 heterocycles. The van der Waals surface area contributed by atoms with Gasteiger partial charge in [0.1, 0.15) is 0 Å². The number of nitrogens with zero attached hydrogens (tertiary/aromatic N) is 1. The molecular formula is C11H22ClNO3S. The normalized spacial score (nSPS) is 24.8. The molecule has 1 saturated heterocycles. The third-order valence-corrected chi connectivity index (χ3v) is 4.80. The van der Waals surface area contributed by atoms with Crippen molar-refractivity contribution in [2.75, 3.05) is 33.1 Å². The number of rotatable bonds is 6. The molecule has 0 spiro atoms. The predicted octanol–water partition coefficient (Wildman–Crippen LogP) is 1.69. The molecule has 1 aliphatic rings. The Morgan fingerprint density at radius 2 is 2.24 bits per heavy atom. The molecule has 0 aromatic heterocycles. The summed E-state index contributed by atoms with van der Waals surface area (Å²) in [4.78, 5) is 0. The zero-order valence-corrected chi connectivity index (χ0v) is 12.1. The van der Waals surface area contributed by atoms with Crippen molar-refractivity contribution in [2.45, 2.75) is 31.1 Å². The topological polar surface area (TPSA) is 46.6 Å². The molecule has 102 valence electrons. The van der Waals surface area contributed by atoms with Crippen LogP contribution < -0.4 is 0 Å². The third-order valence-electron chi connectivity index (χ3n) is 3.19. The summed E-state index contributed by atoms with van der Waals surface area (Å²) < 4.78 is 29.5. The molecule has 2 atom stereocenters. The Bertz CT molecular complexity index is 321. The number of sulfonamides is 1. The van der Waals surface area contributed by atoms with E-state index < -0.39 is 10.0 Å². The summed E-state index contributed by atoms with van der Waals surface area (Å²) in [6.07, 6.45) is 5.20. The first-order chi connectivity index (χ1) is 7.93. The second kappa shape index (κ2) is 6.92. The molecule has 6 heteroatoms. The maximum atomic E-state index is 11.5. The number of hydrogen-bond donors (Lipinski definition) is 0. The van der Waals surface area contributed by atoms with Gasteiger partial charge in [0.05, 0.1) is 18.2 Å². The summed E-state index contributed by atoms with van der Waals surface area (Å²) in [6, 6.07) is 0. The van der Waals surface area contributed by atoms with Crippen LogP contribution in [-0.4, -0.2) is 51.2 Å². The van der Waals surface area contributed by atoms with E-state index in [4.69, 9.17) is 16.3 Å². The average molecular weight is 284 g/mol. The highest BCUT2D eigenvalue weighted by Crippen LogP contribution is 2.24. The van der Waals surface area contributed by atoms with E-state index in [9.17, 15) is 8.42 Å². The number of halogens is 1. The lowest BCUT2D eigenvalue weighted by molar-refractivity contribution is 0.188. The Labute approximate surface area is 109 Å². The van der Waals surface area contributed by atoms with Crippen molar-refractivity contribution in [2.24, 2.45) is 5.92 Å². The van der Waals surface area contributed by atoms with E-state index in [1.807, 2.05) is 0 Å². The molecule has 0 aliphatic carbocycles. The van der Waals surface area contributed by atoms with Crippen LogP contribution in [0.1, 0.15) is 25.7 Å². The summed E-state index contributed by atoms with van der Waals surface area (Å²) in [7, 11) is -1.39. The fraction of sp³-hybridized carbons (Fsp3) is 1.00. The van der Waals surface area contributed by atoms with Gasteiger partial charge in [0.2, 0.25) is 10.0 Å². The van der Waals surface area contributed by atoms with Gasteiger partial charge in [-0.3, -0.25) is 0 Å². The highest BCUT2D eigenvalue weighted by Gasteiger charge is 2.25. The molecule has 0 saturated carbocycles. The van der Waals surface area contributed by atoms with Crippen molar-refractivity contribution < 1.29 is 13.2 Å². The van der Waals surface area contributed by atoms with Crippen molar-refractivity contribution in [3.05, 3.63) is 0 Å². The van der Waals surface area contributed by atoms with E-state index in [-0.39, 0.29) is 5.38 Å². The summed E-state index contributed by atoms with van der Waals surface area (Å²) in [5.41, 5.74) is 0. The van der Waals surface area contributed by atoms with Crippen molar-refractivity contribution in [1.82, 2.24) is 4.31 Å². The molecule has 0 bridgehead atoms. The second-order valence-electron chi connectivity index (χ2n) is 4.76. The maximum absolute atomic E-state index is 11.5. The molecule has 0 radical (unpaired) electrons. The van der Waals surface area contributed by atoms with Gasteiger partial charge in [0.15, 0.2) is 0 Å². The Kier molecular flexibility index (Phi) is 6.20. The van der Waals surface area contributed by atoms with Crippen LogP contribution in [0, 0.1) is 5.92 Å². The number of alkyl halides is 1. The van der Waals surface area contributed by atoms with Gasteiger partial charge in [-0.15, -0.1) is 11.6 Å². The molecule has 0 amide bonds. The first-order valence-electron chi connectivity index (χ1n) is 6.01. The first-order valence-corrected chi connectivity index (χ1v) is 8.30. The fourth-order valence-corrected chi connectivity index (χ4v) is 3.44. The van der Waals surface area contributed by atoms with Crippen LogP contribution in [-0.2, 0) is 14.8 Å². The molecule has 4 nitrogen and oxygen atoms in total. The Morgan fingerprint density at radius 1 is 1.53 bits per heavy atom. The second-order valence-corrected chi connectivity index (χ2v) is 7.36. The maximum Gasteiger partial charge on any atom is 0.211 e. The van der Waals surface area contributed by atoms with E-state index in [2.05, 4.69) is 0 Å². The number of ether oxygens (including phenoxy) is 1. The predicted molar refractivity (Wildman–Crippen MR) is 69.9 cm³/mol. The van der Waals surface area contributed by atoms with E-state index in [1.54, 1.807) is 11.4 Å². The SMILES string of the molecule is COCC(Cl)CCC1CCCN(S(C)(=O)=O)C1. The zero-order valence-electron chi connectivity index (χ0n) is 10.6. The van der Waals surface area contributed by atoms with Crippen molar-refractivity contribution in [1.29, 1.82) is 0 Å². The largest absolute Gasteiger partial charge is 0.383 e. The minimum Gasteiger partial charge on any atom is -0.383 e. The van der Waals surface area contributed by atoms with Crippen LogP contribution >= 0.6 is 11.6 Å². The van der Waals surface area contributed by atoms with Crippen LogP contribution in [0.2, 0.25) is 0 Å².